The molecule has 0 radical (unpaired) electrons. The molecular formula is C17H23N5OS. The fraction of sp³-hybridized carbons (Fsp3) is 0.588. The van der Waals surface area contributed by atoms with Gasteiger partial charge >= 0.3 is 0 Å². The quantitative estimate of drug-likeness (QED) is 0.853. The first kappa shape index (κ1) is 15.6. The number of hydrogen-bond donors (Lipinski definition) is 0. The lowest BCUT2D eigenvalue weighted by molar-refractivity contribution is -0.132. The van der Waals surface area contributed by atoms with Crippen molar-refractivity contribution in [1.29, 1.82) is 0 Å². The van der Waals surface area contributed by atoms with Gasteiger partial charge in [-0.3, -0.25) is 9.48 Å². The molecule has 0 aliphatic carbocycles. The van der Waals surface area contributed by atoms with Crippen molar-refractivity contribution in [2.24, 2.45) is 5.92 Å². The second kappa shape index (κ2) is 6.55. The third-order valence-corrected chi connectivity index (χ3v) is 6.06. The minimum Gasteiger partial charge on any atom is -0.342 e. The molecule has 0 bridgehead atoms. The van der Waals surface area contributed by atoms with Gasteiger partial charge in [-0.25, -0.2) is 4.98 Å². The standard InChI is InChI=1S/C17H23N5OS/c1-2-16(23)20-8-4-15-13(11-20)10-14(12-21-7-3-5-19-21)22(15)17-18-6-9-24-17/h3,5-7,9,13-15H,2,4,8,10-12H2,1H3/t13-,14+,15+/m1/s1. The van der Waals surface area contributed by atoms with Crippen LogP contribution in [0.5, 0.6) is 0 Å². The second-order valence-corrected chi connectivity index (χ2v) is 7.52. The summed E-state index contributed by atoms with van der Waals surface area (Å²) in [6.45, 7) is 4.58. The van der Waals surface area contributed by atoms with Crippen molar-refractivity contribution in [1.82, 2.24) is 19.7 Å². The number of amides is 1. The molecule has 4 heterocycles. The SMILES string of the molecule is CCC(=O)N1CC[C@H]2[C@H](C[C@@H](Cn3cccn3)N2c2nccs2)C1. The lowest BCUT2D eigenvalue weighted by atomic mass is 9.92. The Morgan fingerprint density at radius 2 is 2.33 bits per heavy atom. The predicted molar refractivity (Wildman–Crippen MR) is 94.0 cm³/mol. The highest BCUT2D eigenvalue weighted by Gasteiger charge is 2.45. The number of fused-ring (bicyclic) bond motifs is 1. The van der Waals surface area contributed by atoms with Gasteiger partial charge in [-0.15, -0.1) is 11.3 Å². The van der Waals surface area contributed by atoms with Crippen LogP contribution in [-0.4, -0.2) is 50.7 Å². The zero-order valence-corrected chi connectivity index (χ0v) is 14.7. The van der Waals surface area contributed by atoms with Crippen molar-refractivity contribution in [2.45, 2.75) is 44.8 Å². The van der Waals surface area contributed by atoms with E-state index in [2.05, 4.69) is 19.9 Å². The number of aromatic nitrogens is 3. The Hall–Kier alpha value is -1.89. The van der Waals surface area contributed by atoms with Crippen LogP contribution in [0.15, 0.2) is 30.0 Å². The molecule has 2 fully saturated rings. The molecule has 6 nitrogen and oxygen atoms in total. The van der Waals surface area contributed by atoms with E-state index in [-0.39, 0.29) is 5.91 Å². The average Bonchev–Trinajstić information content (AvgIpc) is 3.33. The summed E-state index contributed by atoms with van der Waals surface area (Å²) in [4.78, 5) is 21.2. The molecule has 0 saturated carbocycles. The lowest BCUT2D eigenvalue weighted by Crippen LogP contribution is -2.49. The van der Waals surface area contributed by atoms with E-state index in [1.807, 2.05) is 41.6 Å². The van der Waals surface area contributed by atoms with E-state index in [0.717, 1.165) is 37.6 Å². The minimum absolute atomic E-state index is 0.282. The molecule has 7 heteroatoms. The Balaban J connectivity index is 1.56. The summed E-state index contributed by atoms with van der Waals surface area (Å²) in [6.07, 6.45) is 8.47. The van der Waals surface area contributed by atoms with Gasteiger partial charge in [-0.2, -0.15) is 5.10 Å². The molecule has 2 aliphatic rings. The number of likely N-dealkylation sites (tertiary alicyclic amines) is 1. The minimum atomic E-state index is 0.282. The van der Waals surface area contributed by atoms with Gasteiger partial charge in [0.05, 0.1) is 12.6 Å². The van der Waals surface area contributed by atoms with Crippen LogP contribution in [0, 0.1) is 5.92 Å². The largest absolute Gasteiger partial charge is 0.342 e. The summed E-state index contributed by atoms with van der Waals surface area (Å²) in [6, 6.07) is 2.84. The van der Waals surface area contributed by atoms with Crippen molar-refractivity contribution in [3.8, 4) is 0 Å². The summed E-state index contributed by atoms with van der Waals surface area (Å²) >= 11 is 1.71. The maximum atomic E-state index is 12.1. The van der Waals surface area contributed by atoms with Gasteiger partial charge in [0.15, 0.2) is 5.13 Å². The molecule has 128 valence electrons. The first-order valence-corrected chi connectivity index (χ1v) is 9.57. The van der Waals surface area contributed by atoms with Crippen LogP contribution in [0.4, 0.5) is 5.13 Å². The summed E-state index contributed by atoms with van der Waals surface area (Å²) in [5, 5.41) is 7.53. The topological polar surface area (TPSA) is 54.3 Å². The second-order valence-electron chi connectivity index (χ2n) is 6.65. The van der Waals surface area contributed by atoms with Crippen molar-refractivity contribution in [2.75, 3.05) is 18.0 Å². The number of anilines is 1. The normalized spacial score (nSPS) is 26.6. The highest BCUT2D eigenvalue weighted by atomic mass is 32.1. The van der Waals surface area contributed by atoms with Crippen molar-refractivity contribution >= 4 is 22.4 Å². The van der Waals surface area contributed by atoms with Crippen LogP contribution in [-0.2, 0) is 11.3 Å². The Kier molecular flexibility index (Phi) is 4.26. The van der Waals surface area contributed by atoms with Crippen LogP contribution in [0.2, 0.25) is 0 Å². The predicted octanol–water partition coefficient (Wildman–Crippen LogP) is 2.25. The summed E-state index contributed by atoms with van der Waals surface area (Å²) in [5.74, 6) is 0.809. The highest BCUT2D eigenvalue weighted by molar-refractivity contribution is 7.13. The molecule has 2 aromatic heterocycles. The Morgan fingerprint density at radius 1 is 1.42 bits per heavy atom. The number of hydrogen-bond acceptors (Lipinski definition) is 5. The zero-order valence-electron chi connectivity index (χ0n) is 13.9. The first-order valence-electron chi connectivity index (χ1n) is 8.69. The van der Waals surface area contributed by atoms with E-state index in [9.17, 15) is 4.79 Å². The van der Waals surface area contributed by atoms with E-state index in [0.29, 0.717) is 24.4 Å². The maximum absolute atomic E-state index is 12.1. The first-order chi connectivity index (χ1) is 11.8. The summed E-state index contributed by atoms with van der Waals surface area (Å²) in [7, 11) is 0. The van der Waals surface area contributed by atoms with Crippen LogP contribution in [0.3, 0.4) is 0 Å². The molecule has 1 amide bonds. The molecule has 0 aromatic carbocycles. The molecule has 0 spiro atoms. The molecule has 2 aliphatic heterocycles. The van der Waals surface area contributed by atoms with Crippen LogP contribution < -0.4 is 4.90 Å². The third kappa shape index (κ3) is 2.81. The van der Waals surface area contributed by atoms with E-state index in [1.54, 1.807) is 11.3 Å². The third-order valence-electron chi connectivity index (χ3n) is 5.27. The number of carbonyl (C=O) groups excluding carboxylic acids is 1. The molecule has 2 aromatic rings. The fourth-order valence-electron chi connectivity index (χ4n) is 4.23. The molecule has 0 unspecified atom stereocenters. The molecular weight excluding hydrogens is 322 g/mol. The van der Waals surface area contributed by atoms with Gasteiger partial charge in [0.1, 0.15) is 0 Å². The highest BCUT2D eigenvalue weighted by Crippen LogP contribution is 2.40. The van der Waals surface area contributed by atoms with Crippen molar-refractivity contribution in [3.05, 3.63) is 30.0 Å². The number of thiazole rings is 1. The Bertz CT molecular complexity index is 671. The molecule has 0 N–H and O–H groups in total. The lowest BCUT2D eigenvalue weighted by Gasteiger charge is -2.38. The number of piperidine rings is 1. The van der Waals surface area contributed by atoms with E-state index >= 15 is 0 Å². The molecule has 3 atom stereocenters. The van der Waals surface area contributed by atoms with Gasteiger partial charge in [0, 0.05) is 49.5 Å². The van der Waals surface area contributed by atoms with E-state index in [1.165, 1.54) is 0 Å². The monoisotopic (exact) mass is 345 g/mol. The molecule has 2 saturated heterocycles. The summed E-state index contributed by atoms with van der Waals surface area (Å²) < 4.78 is 2.01. The van der Waals surface area contributed by atoms with Gasteiger partial charge < -0.3 is 9.80 Å². The number of nitrogens with zero attached hydrogens (tertiary/aromatic N) is 5. The van der Waals surface area contributed by atoms with Crippen LogP contribution in [0.25, 0.3) is 0 Å². The van der Waals surface area contributed by atoms with Gasteiger partial charge in [-0.1, -0.05) is 6.92 Å². The Morgan fingerprint density at radius 3 is 3.04 bits per heavy atom. The number of rotatable bonds is 4. The average molecular weight is 345 g/mol. The van der Waals surface area contributed by atoms with Crippen molar-refractivity contribution < 1.29 is 4.79 Å². The van der Waals surface area contributed by atoms with Crippen molar-refractivity contribution in [3.63, 3.8) is 0 Å². The summed E-state index contributed by atoms with van der Waals surface area (Å²) in [5.41, 5.74) is 0. The van der Waals surface area contributed by atoms with Crippen LogP contribution >= 0.6 is 11.3 Å². The molecule has 24 heavy (non-hydrogen) atoms. The Labute approximate surface area is 146 Å². The molecule has 4 rings (SSSR count). The number of carbonyl (C=O) groups is 1. The smallest absolute Gasteiger partial charge is 0.222 e. The van der Waals surface area contributed by atoms with Gasteiger partial charge in [-0.05, 0) is 24.8 Å². The fourth-order valence-corrected chi connectivity index (χ4v) is 5.00. The zero-order chi connectivity index (χ0) is 16.5. The van der Waals surface area contributed by atoms with Gasteiger partial charge in [0.2, 0.25) is 5.91 Å². The maximum Gasteiger partial charge on any atom is 0.222 e. The van der Waals surface area contributed by atoms with Crippen LogP contribution in [0.1, 0.15) is 26.2 Å². The van der Waals surface area contributed by atoms with E-state index in [4.69, 9.17) is 0 Å². The van der Waals surface area contributed by atoms with Gasteiger partial charge in [0.25, 0.3) is 0 Å². The van der Waals surface area contributed by atoms with E-state index < -0.39 is 0 Å².